The second-order valence-electron chi connectivity index (χ2n) is 8.20. The number of hydrazine groups is 1. The summed E-state index contributed by atoms with van der Waals surface area (Å²) in [7, 11) is -5.57. The molecule has 1 fully saturated rings. The molecule has 0 spiro atoms. The van der Waals surface area contributed by atoms with E-state index >= 15 is 0 Å². The average Bonchev–Trinajstić information content (AvgIpc) is 3.10. The summed E-state index contributed by atoms with van der Waals surface area (Å²) in [6.07, 6.45) is 1.44. The summed E-state index contributed by atoms with van der Waals surface area (Å²) in [6.45, 7) is 1.47. The van der Waals surface area contributed by atoms with Gasteiger partial charge in [0.2, 0.25) is 0 Å². The zero-order valence-corrected chi connectivity index (χ0v) is 20.5. The van der Waals surface area contributed by atoms with Gasteiger partial charge in [0.1, 0.15) is 11.9 Å². The predicted molar refractivity (Wildman–Crippen MR) is 129 cm³/mol. The molecular weight excluding hydrogens is 527 g/mol. The van der Waals surface area contributed by atoms with E-state index in [0.29, 0.717) is 23.3 Å². The Kier molecular flexibility index (Phi) is 7.09. The number of nitrogens with one attached hydrogen (secondary N) is 2. The number of hydrogen-bond donors (Lipinski definition) is 2. The van der Waals surface area contributed by atoms with Crippen LogP contribution in [0.4, 0.5) is 29.5 Å². The van der Waals surface area contributed by atoms with Gasteiger partial charge in [-0.1, -0.05) is 18.2 Å². The van der Waals surface area contributed by atoms with Gasteiger partial charge in [-0.2, -0.15) is 13.2 Å². The summed E-state index contributed by atoms with van der Waals surface area (Å²) in [5.74, 6) is -0.754. The van der Waals surface area contributed by atoms with Crippen molar-refractivity contribution in [3.63, 3.8) is 0 Å². The number of imide groups is 1. The minimum atomic E-state index is -5.57. The Bertz CT molecular complexity index is 1480. The Hall–Kier alpha value is -4.46. The van der Waals surface area contributed by atoms with Gasteiger partial charge >= 0.3 is 11.5 Å². The van der Waals surface area contributed by atoms with Gasteiger partial charge in [-0.25, -0.2) is 23.1 Å². The topological polar surface area (TPSA) is 129 Å². The molecule has 198 valence electrons. The number of urea groups is 1. The van der Waals surface area contributed by atoms with Crippen molar-refractivity contribution in [2.75, 3.05) is 10.3 Å². The van der Waals surface area contributed by atoms with Crippen LogP contribution in [0.2, 0.25) is 0 Å². The van der Waals surface area contributed by atoms with E-state index in [4.69, 9.17) is 0 Å². The number of anilines is 2. The van der Waals surface area contributed by atoms with E-state index in [1.54, 1.807) is 42.5 Å². The number of carbonyl (C=O) groups is 3. The first-order valence-corrected chi connectivity index (χ1v) is 12.5. The Balaban J connectivity index is 1.47. The number of benzene rings is 2. The van der Waals surface area contributed by atoms with E-state index < -0.39 is 44.1 Å². The third-order valence-electron chi connectivity index (χ3n) is 5.71. The van der Waals surface area contributed by atoms with Gasteiger partial charge in [-0.15, -0.1) is 0 Å². The molecule has 1 aliphatic rings. The largest absolute Gasteiger partial charge is 0.501 e. The maximum absolute atomic E-state index is 13.1. The SMILES string of the molecule is CC1C(=O)N(c2ccc(S(=O)(=O)C(F)(F)F)cc2)C(=O)N1Cc1ccnc(NNC(=O)c2ccccc2)c1. The molecule has 0 aliphatic carbocycles. The number of amides is 4. The van der Waals surface area contributed by atoms with Gasteiger partial charge in [0.15, 0.2) is 0 Å². The highest BCUT2D eigenvalue weighted by Crippen LogP contribution is 2.32. The van der Waals surface area contributed by atoms with Crippen LogP contribution in [-0.4, -0.2) is 47.7 Å². The van der Waals surface area contributed by atoms with Crippen LogP contribution in [0.3, 0.4) is 0 Å². The average molecular weight is 548 g/mol. The van der Waals surface area contributed by atoms with Crippen molar-refractivity contribution in [2.24, 2.45) is 0 Å². The number of rotatable bonds is 7. The van der Waals surface area contributed by atoms with E-state index in [2.05, 4.69) is 15.8 Å². The van der Waals surface area contributed by atoms with Crippen LogP contribution >= 0.6 is 0 Å². The van der Waals surface area contributed by atoms with Crippen LogP contribution in [0.15, 0.2) is 77.8 Å². The zero-order chi connectivity index (χ0) is 27.7. The molecular formula is C24H20F3N5O5S. The lowest BCUT2D eigenvalue weighted by Crippen LogP contribution is -2.33. The summed E-state index contributed by atoms with van der Waals surface area (Å²) in [5, 5.41) is 0. The van der Waals surface area contributed by atoms with Crippen molar-refractivity contribution in [3.05, 3.63) is 84.1 Å². The molecule has 0 bridgehead atoms. The Morgan fingerprint density at radius 2 is 1.68 bits per heavy atom. The normalized spacial score (nSPS) is 16.1. The number of nitrogens with zero attached hydrogens (tertiary/aromatic N) is 3. The molecule has 1 unspecified atom stereocenters. The number of aromatic nitrogens is 1. The fourth-order valence-electron chi connectivity index (χ4n) is 3.68. The van der Waals surface area contributed by atoms with Crippen molar-refractivity contribution in [2.45, 2.75) is 29.9 Å². The molecule has 1 saturated heterocycles. The molecule has 4 amide bonds. The molecule has 4 rings (SSSR count). The van der Waals surface area contributed by atoms with E-state index in [1.807, 2.05) is 0 Å². The molecule has 1 aromatic heterocycles. The first kappa shape index (κ1) is 26.6. The lowest BCUT2D eigenvalue weighted by molar-refractivity contribution is -0.119. The fraction of sp³-hybridized carbons (Fsp3) is 0.167. The van der Waals surface area contributed by atoms with Gasteiger partial charge in [0.05, 0.1) is 10.6 Å². The molecule has 2 aromatic carbocycles. The molecule has 2 heterocycles. The number of sulfone groups is 1. The zero-order valence-electron chi connectivity index (χ0n) is 19.6. The molecule has 1 aliphatic heterocycles. The van der Waals surface area contributed by atoms with Crippen LogP contribution in [0.1, 0.15) is 22.8 Å². The first-order valence-electron chi connectivity index (χ1n) is 11.0. The Morgan fingerprint density at radius 1 is 1.03 bits per heavy atom. The van der Waals surface area contributed by atoms with Crippen molar-refractivity contribution < 1.29 is 36.0 Å². The van der Waals surface area contributed by atoms with Crippen molar-refractivity contribution >= 4 is 39.2 Å². The summed E-state index contributed by atoms with van der Waals surface area (Å²) in [6, 6.07) is 13.3. The highest BCUT2D eigenvalue weighted by atomic mass is 32.2. The van der Waals surface area contributed by atoms with Crippen LogP contribution < -0.4 is 15.8 Å². The number of hydrogen-bond acceptors (Lipinski definition) is 7. The van der Waals surface area contributed by atoms with E-state index in [1.165, 1.54) is 18.0 Å². The molecule has 38 heavy (non-hydrogen) atoms. The Labute approximate surface area is 215 Å². The van der Waals surface area contributed by atoms with Crippen LogP contribution in [0.25, 0.3) is 0 Å². The monoisotopic (exact) mass is 547 g/mol. The van der Waals surface area contributed by atoms with E-state index in [0.717, 1.165) is 17.0 Å². The maximum atomic E-state index is 13.1. The summed E-state index contributed by atoms with van der Waals surface area (Å²) < 4.78 is 61.6. The minimum Gasteiger partial charge on any atom is -0.308 e. The lowest BCUT2D eigenvalue weighted by Gasteiger charge is -2.20. The lowest BCUT2D eigenvalue weighted by atomic mass is 10.2. The van der Waals surface area contributed by atoms with Crippen LogP contribution in [0.5, 0.6) is 0 Å². The molecule has 1 atom stereocenters. The number of alkyl halides is 3. The second kappa shape index (κ2) is 10.1. The highest BCUT2D eigenvalue weighted by molar-refractivity contribution is 7.92. The molecule has 14 heteroatoms. The summed E-state index contributed by atoms with van der Waals surface area (Å²) in [5.41, 5.74) is 0.624. The van der Waals surface area contributed by atoms with E-state index in [-0.39, 0.29) is 18.1 Å². The molecule has 3 aromatic rings. The predicted octanol–water partition coefficient (Wildman–Crippen LogP) is 3.49. The van der Waals surface area contributed by atoms with Gasteiger partial charge < -0.3 is 4.90 Å². The number of carbonyl (C=O) groups excluding carboxylic acids is 3. The third kappa shape index (κ3) is 5.16. The molecule has 0 saturated carbocycles. The molecule has 0 radical (unpaired) electrons. The van der Waals surface area contributed by atoms with Crippen molar-refractivity contribution in [3.8, 4) is 0 Å². The van der Waals surface area contributed by atoms with Gasteiger partial charge in [0, 0.05) is 18.3 Å². The van der Waals surface area contributed by atoms with Gasteiger partial charge in [-0.05, 0) is 61.0 Å². The standard InChI is InChI=1S/C24H20F3N5O5S/c1-15-22(34)32(18-7-9-19(10-8-18)38(36,37)24(25,26)27)23(35)31(15)14-16-11-12-28-20(13-16)29-30-21(33)17-5-3-2-4-6-17/h2-13,15H,14H2,1H3,(H,28,29)(H,30,33). The third-order valence-corrected chi connectivity index (χ3v) is 7.21. The number of halogens is 3. The fourth-order valence-corrected chi connectivity index (χ4v) is 4.44. The first-order chi connectivity index (χ1) is 17.9. The maximum Gasteiger partial charge on any atom is 0.501 e. The molecule has 2 N–H and O–H groups in total. The highest BCUT2D eigenvalue weighted by Gasteiger charge is 2.47. The van der Waals surface area contributed by atoms with Crippen molar-refractivity contribution in [1.82, 2.24) is 15.3 Å². The van der Waals surface area contributed by atoms with E-state index in [9.17, 15) is 36.0 Å². The number of pyridine rings is 1. The Morgan fingerprint density at radius 3 is 2.32 bits per heavy atom. The summed E-state index contributed by atoms with van der Waals surface area (Å²) >= 11 is 0. The van der Waals surface area contributed by atoms with Gasteiger partial charge in [0.25, 0.3) is 21.7 Å². The second-order valence-corrected chi connectivity index (χ2v) is 10.1. The summed E-state index contributed by atoms with van der Waals surface area (Å²) in [4.78, 5) is 43.2. The molecule has 10 nitrogen and oxygen atoms in total. The van der Waals surface area contributed by atoms with Gasteiger partial charge in [-0.3, -0.25) is 20.4 Å². The smallest absolute Gasteiger partial charge is 0.308 e. The van der Waals surface area contributed by atoms with Crippen molar-refractivity contribution in [1.29, 1.82) is 0 Å². The minimum absolute atomic E-state index is 0.0212. The quantitative estimate of drug-likeness (QED) is 0.342. The van der Waals surface area contributed by atoms with Crippen LogP contribution in [0, 0.1) is 0 Å². The van der Waals surface area contributed by atoms with Crippen LogP contribution in [-0.2, 0) is 21.2 Å².